The Bertz CT molecular complexity index is 365. The SMILES string of the molecule is OC1CCCCC(c2ccc(F)c(F)c2)C1. The van der Waals surface area contributed by atoms with Gasteiger partial charge >= 0.3 is 0 Å². The van der Waals surface area contributed by atoms with Gasteiger partial charge < -0.3 is 5.11 Å². The molecule has 1 aromatic carbocycles. The Kier molecular flexibility index (Phi) is 3.54. The fourth-order valence-electron chi connectivity index (χ4n) is 2.40. The van der Waals surface area contributed by atoms with Crippen LogP contribution in [-0.2, 0) is 0 Å². The van der Waals surface area contributed by atoms with Crippen molar-refractivity contribution in [2.45, 2.75) is 44.1 Å². The second-order valence-corrected chi connectivity index (χ2v) is 4.54. The van der Waals surface area contributed by atoms with Crippen LogP contribution in [0.1, 0.15) is 43.6 Å². The molecule has 0 heterocycles. The summed E-state index contributed by atoms with van der Waals surface area (Å²) in [6.07, 6.45) is 4.18. The van der Waals surface area contributed by atoms with Gasteiger partial charge in [0, 0.05) is 0 Å². The summed E-state index contributed by atoms with van der Waals surface area (Å²) in [4.78, 5) is 0. The topological polar surface area (TPSA) is 20.2 Å². The first kappa shape index (κ1) is 11.5. The minimum Gasteiger partial charge on any atom is -0.393 e. The molecule has 0 aliphatic heterocycles. The lowest BCUT2D eigenvalue weighted by atomic mass is 9.91. The molecule has 0 radical (unpaired) electrons. The molecule has 2 unspecified atom stereocenters. The van der Waals surface area contributed by atoms with Crippen molar-refractivity contribution in [2.75, 3.05) is 0 Å². The van der Waals surface area contributed by atoms with E-state index in [0.717, 1.165) is 31.2 Å². The predicted octanol–water partition coefficient (Wildman–Crippen LogP) is 3.37. The van der Waals surface area contributed by atoms with Crippen molar-refractivity contribution in [1.82, 2.24) is 0 Å². The maximum atomic E-state index is 13.1. The van der Waals surface area contributed by atoms with Gasteiger partial charge in [-0.05, 0) is 42.9 Å². The van der Waals surface area contributed by atoms with E-state index in [-0.39, 0.29) is 12.0 Å². The number of hydrogen-bond donors (Lipinski definition) is 1. The second kappa shape index (κ2) is 4.91. The maximum absolute atomic E-state index is 13.1. The van der Waals surface area contributed by atoms with Gasteiger partial charge in [0.25, 0.3) is 0 Å². The van der Waals surface area contributed by atoms with Crippen LogP contribution in [0.4, 0.5) is 8.78 Å². The van der Waals surface area contributed by atoms with Gasteiger partial charge in [-0.15, -0.1) is 0 Å². The Morgan fingerprint density at radius 2 is 1.81 bits per heavy atom. The smallest absolute Gasteiger partial charge is 0.159 e. The highest BCUT2D eigenvalue weighted by molar-refractivity contribution is 5.22. The van der Waals surface area contributed by atoms with Gasteiger partial charge in [-0.3, -0.25) is 0 Å². The normalized spacial score (nSPS) is 26.4. The average molecular weight is 226 g/mol. The molecule has 0 saturated heterocycles. The van der Waals surface area contributed by atoms with Crippen LogP contribution in [0.5, 0.6) is 0 Å². The number of aliphatic hydroxyl groups excluding tert-OH is 1. The maximum Gasteiger partial charge on any atom is 0.159 e. The summed E-state index contributed by atoms with van der Waals surface area (Å²) in [5.74, 6) is -1.44. The van der Waals surface area contributed by atoms with Crippen LogP contribution in [0.3, 0.4) is 0 Å². The molecule has 1 aromatic rings. The van der Waals surface area contributed by atoms with Gasteiger partial charge in [-0.25, -0.2) is 8.78 Å². The minimum absolute atomic E-state index is 0.160. The van der Waals surface area contributed by atoms with E-state index >= 15 is 0 Å². The molecular formula is C13H16F2O. The molecule has 0 bridgehead atoms. The van der Waals surface area contributed by atoms with Crippen molar-refractivity contribution in [2.24, 2.45) is 0 Å². The monoisotopic (exact) mass is 226 g/mol. The fraction of sp³-hybridized carbons (Fsp3) is 0.538. The molecule has 2 atom stereocenters. The average Bonchev–Trinajstić information content (AvgIpc) is 2.47. The van der Waals surface area contributed by atoms with Crippen molar-refractivity contribution in [3.8, 4) is 0 Å². The van der Waals surface area contributed by atoms with E-state index in [9.17, 15) is 13.9 Å². The van der Waals surface area contributed by atoms with Crippen molar-refractivity contribution in [3.63, 3.8) is 0 Å². The summed E-state index contributed by atoms with van der Waals surface area (Å²) < 4.78 is 25.9. The predicted molar refractivity (Wildman–Crippen MR) is 58.2 cm³/mol. The van der Waals surface area contributed by atoms with Gasteiger partial charge in [0.1, 0.15) is 0 Å². The van der Waals surface area contributed by atoms with Crippen molar-refractivity contribution >= 4 is 0 Å². The number of aliphatic hydroxyl groups is 1. The lowest BCUT2D eigenvalue weighted by Gasteiger charge is -2.16. The number of benzene rings is 1. The molecule has 0 aromatic heterocycles. The second-order valence-electron chi connectivity index (χ2n) is 4.54. The zero-order valence-electron chi connectivity index (χ0n) is 9.13. The first-order chi connectivity index (χ1) is 7.66. The third-order valence-electron chi connectivity index (χ3n) is 3.31. The molecule has 1 N–H and O–H groups in total. The molecule has 2 rings (SSSR count). The van der Waals surface area contributed by atoms with Gasteiger partial charge in [0.05, 0.1) is 6.10 Å². The summed E-state index contributed by atoms with van der Waals surface area (Å²) in [5.41, 5.74) is 0.805. The Hall–Kier alpha value is -0.960. The summed E-state index contributed by atoms with van der Waals surface area (Å²) in [7, 11) is 0. The van der Waals surface area contributed by atoms with Crippen LogP contribution in [0.25, 0.3) is 0 Å². The highest BCUT2D eigenvalue weighted by atomic mass is 19.2. The molecule has 1 nitrogen and oxygen atoms in total. The lowest BCUT2D eigenvalue weighted by Crippen LogP contribution is -2.09. The van der Waals surface area contributed by atoms with Crippen LogP contribution in [0, 0.1) is 11.6 Å². The summed E-state index contributed by atoms with van der Waals surface area (Å²) in [5, 5.41) is 9.68. The molecule has 3 heteroatoms. The summed E-state index contributed by atoms with van der Waals surface area (Å²) in [6.45, 7) is 0. The van der Waals surface area contributed by atoms with Crippen LogP contribution >= 0.6 is 0 Å². The third kappa shape index (κ3) is 2.59. The molecule has 0 amide bonds. The molecule has 0 spiro atoms. The largest absolute Gasteiger partial charge is 0.393 e. The minimum atomic E-state index is -0.807. The lowest BCUT2D eigenvalue weighted by molar-refractivity contribution is 0.152. The zero-order chi connectivity index (χ0) is 11.5. The van der Waals surface area contributed by atoms with E-state index in [1.54, 1.807) is 6.07 Å². The van der Waals surface area contributed by atoms with Crippen LogP contribution in [0.2, 0.25) is 0 Å². The van der Waals surface area contributed by atoms with Crippen molar-refractivity contribution < 1.29 is 13.9 Å². The quantitative estimate of drug-likeness (QED) is 0.728. The van der Waals surface area contributed by atoms with Crippen molar-refractivity contribution in [1.29, 1.82) is 0 Å². The molecular weight excluding hydrogens is 210 g/mol. The van der Waals surface area contributed by atoms with E-state index in [1.165, 1.54) is 12.1 Å². The number of halogens is 2. The van der Waals surface area contributed by atoms with Gasteiger partial charge in [0.15, 0.2) is 11.6 Å². The van der Waals surface area contributed by atoms with E-state index in [0.29, 0.717) is 6.42 Å². The molecule has 1 aliphatic carbocycles. The molecule has 1 fully saturated rings. The Morgan fingerprint density at radius 3 is 2.56 bits per heavy atom. The Morgan fingerprint density at radius 1 is 1.06 bits per heavy atom. The highest BCUT2D eigenvalue weighted by Crippen LogP contribution is 2.32. The third-order valence-corrected chi connectivity index (χ3v) is 3.31. The highest BCUT2D eigenvalue weighted by Gasteiger charge is 2.20. The summed E-state index contributed by atoms with van der Waals surface area (Å²) >= 11 is 0. The van der Waals surface area contributed by atoms with Gasteiger partial charge in [-0.2, -0.15) is 0 Å². The molecule has 16 heavy (non-hydrogen) atoms. The van der Waals surface area contributed by atoms with Crippen LogP contribution in [-0.4, -0.2) is 11.2 Å². The van der Waals surface area contributed by atoms with Gasteiger partial charge in [-0.1, -0.05) is 18.9 Å². The van der Waals surface area contributed by atoms with Crippen molar-refractivity contribution in [3.05, 3.63) is 35.4 Å². The van der Waals surface area contributed by atoms with Gasteiger partial charge in [0.2, 0.25) is 0 Å². The van der Waals surface area contributed by atoms with E-state index in [2.05, 4.69) is 0 Å². The van der Waals surface area contributed by atoms with E-state index in [4.69, 9.17) is 0 Å². The first-order valence-corrected chi connectivity index (χ1v) is 5.80. The fourth-order valence-corrected chi connectivity index (χ4v) is 2.40. The zero-order valence-corrected chi connectivity index (χ0v) is 9.13. The van der Waals surface area contributed by atoms with E-state index < -0.39 is 11.6 Å². The molecule has 1 aliphatic rings. The van der Waals surface area contributed by atoms with E-state index in [1.807, 2.05) is 0 Å². The molecule has 1 saturated carbocycles. The Balaban J connectivity index is 2.18. The summed E-state index contributed by atoms with van der Waals surface area (Å²) in [6, 6.07) is 4.06. The molecule has 88 valence electrons. The standard InChI is InChI=1S/C13H16F2O/c14-12-6-5-10(8-13(12)15)9-3-1-2-4-11(16)7-9/h5-6,8-9,11,16H,1-4,7H2. The number of rotatable bonds is 1. The number of hydrogen-bond acceptors (Lipinski definition) is 1. The van der Waals surface area contributed by atoms with Crippen LogP contribution in [0.15, 0.2) is 18.2 Å². The van der Waals surface area contributed by atoms with Crippen LogP contribution < -0.4 is 0 Å². The first-order valence-electron chi connectivity index (χ1n) is 5.80. The Labute approximate surface area is 94.1 Å².